The van der Waals surface area contributed by atoms with Gasteiger partial charge in [-0.2, -0.15) is 0 Å². The van der Waals surface area contributed by atoms with E-state index >= 15 is 0 Å². The van der Waals surface area contributed by atoms with Crippen LogP contribution in [-0.2, 0) is 9.59 Å². The summed E-state index contributed by atoms with van der Waals surface area (Å²) in [5, 5.41) is 3.39. The normalized spacial score (nSPS) is 18.5. The Morgan fingerprint density at radius 2 is 1.83 bits per heavy atom. The first-order chi connectivity index (χ1) is 10.9. The number of primary amides is 1. The van der Waals surface area contributed by atoms with Crippen LogP contribution in [0.15, 0.2) is 24.3 Å². The van der Waals surface area contributed by atoms with Crippen molar-refractivity contribution in [2.45, 2.75) is 45.7 Å². The Bertz CT molecular complexity index is 565. The van der Waals surface area contributed by atoms with Crippen LogP contribution in [0, 0.1) is 12.8 Å². The number of carbonyl (C=O) groups excluding carboxylic acids is 2. The molecule has 0 spiro atoms. The summed E-state index contributed by atoms with van der Waals surface area (Å²) in [5.41, 5.74) is 7.76. The van der Waals surface area contributed by atoms with Gasteiger partial charge in [-0.05, 0) is 44.7 Å². The minimum Gasteiger partial charge on any atom is -0.369 e. The van der Waals surface area contributed by atoms with Crippen LogP contribution >= 0.6 is 0 Å². The van der Waals surface area contributed by atoms with E-state index in [1.54, 1.807) is 0 Å². The molecule has 0 unspecified atom stereocenters. The molecule has 0 saturated carbocycles. The number of likely N-dealkylation sites (tertiary alicyclic amines) is 1. The summed E-state index contributed by atoms with van der Waals surface area (Å²) in [4.78, 5) is 25.6. The molecule has 1 aliphatic heterocycles. The number of aryl methyl sites for hydroxylation is 1. The minimum atomic E-state index is -0.255. The van der Waals surface area contributed by atoms with Gasteiger partial charge in [0.05, 0.1) is 6.04 Å². The van der Waals surface area contributed by atoms with Gasteiger partial charge in [0.15, 0.2) is 0 Å². The van der Waals surface area contributed by atoms with Crippen LogP contribution in [0.3, 0.4) is 0 Å². The summed E-state index contributed by atoms with van der Waals surface area (Å²) in [6.07, 6.45) is 1.34. The highest BCUT2D eigenvalue weighted by molar-refractivity contribution is 5.82. The summed E-state index contributed by atoms with van der Waals surface area (Å²) in [7, 11) is 0. The van der Waals surface area contributed by atoms with E-state index in [0.29, 0.717) is 25.9 Å². The number of benzene rings is 1. The highest BCUT2D eigenvalue weighted by Gasteiger charge is 2.28. The SMILES string of the molecule is Cc1ccccc1[C@H](C)N[C@H](C)C(=O)N1CCC(C(N)=O)CC1. The van der Waals surface area contributed by atoms with E-state index in [-0.39, 0.29) is 29.8 Å². The second kappa shape index (κ2) is 7.59. The number of nitrogens with zero attached hydrogens (tertiary/aromatic N) is 1. The Balaban J connectivity index is 1.90. The van der Waals surface area contributed by atoms with Gasteiger partial charge in [0.25, 0.3) is 0 Å². The molecule has 5 heteroatoms. The predicted octanol–water partition coefficient (Wildman–Crippen LogP) is 1.76. The summed E-state index contributed by atoms with van der Waals surface area (Å²) in [6.45, 7) is 7.27. The van der Waals surface area contributed by atoms with E-state index < -0.39 is 0 Å². The van der Waals surface area contributed by atoms with Crippen LogP contribution in [0.4, 0.5) is 0 Å². The molecule has 1 fully saturated rings. The molecule has 0 radical (unpaired) electrons. The van der Waals surface area contributed by atoms with Crippen LogP contribution in [0.5, 0.6) is 0 Å². The molecule has 1 aliphatic rings. The molecule has 2 amide bonds. The molecule has 1 saturated heterocycles. The van der Waals surface area contributed by atoms with Crippen LogP contribution in [0.2, 0.25) is 0 Å². The zero-order valence-corrected chi connectivity index (χ0v) is 14.2. The fourth-order valence-corrected chi connectivity index (χ4v) is 3.27. The van der Waals surface area contributed by atoms with Gasteiger partial charge in [-0.3, -0.25) is 14.9 Å². The third-order valence-corrected chi connectivity index (χ3v) is 4.73. The van der Waals surface area contributed by atoms with Crippen molar-refractivity contribution in [2.75, 3.05) is 13.1 Å². The number of hydrogen-bond donors (Lipinski definition) is 2. The number of carbonyl (C=O) groups is 2. The first kappa shape index (κ1) is 17.5. The smallest absolute Gasteiger partial charge is 0.239 e. The van der Waals surface area contributed by atoms with Crippen molar-refractivity contribution in [3.8, 4) is 0 Å². The predicted molar refractivity (Wildman–Crippen MR) is 90.7 cm³/mol. The molecule has 2 atom stereocenters. The van der Waals surface area contributed by atoms with Crippen molar-refractivity contribution in [1.82, 2.24) is 10.2 Å². The van der Waals surface area contributed by atoms with E-state index in [2.05, 4.69) is 31.3 Å². The van der Waals surface area contributed by atoms with Gasteiger partial charge in [-0.1, -0.05) is 24.3 Å². The average Bonchev–Trinajstić information content (AvgIpc) is 2.54. The Morgan fingerprint density at radius 3 is 2.39 bits per heavy atom. The van der Waals surface area contributed by atoms with E-state index in [0.717, 1.165) is 0 Å². The highest BCUT2D eigenvalue weighted by Crippen LogP contribution is 2.20. The van der Waals surface area contributed by atoms with Crippen LogP contribution in [-0.4, -0.2) is 35.8 Å². The second-order valence-corrected chi connectivity index (χ2v) is 6.47. The minimum absolute atomic E-state index is 0.0896. The molecule has 0 aromatic heterocycles. The van der Waals surface area contributed by atoms with E-state index in [1.165, 1.54) is 11.1 Å². The van der Waals surface area contributed by atoms with Crippen molar-refractivity contribution in [3.63, 3.8) is 0 Å². The molecular weight excluding hydrogens is 290 g/mol. The van der Waals surface area contributed by atoms with E-state index in [9.17, 15) is 9.59 Å². The van der Waals surface area contributed by atoms with Crippen molar-refractivity contribution in [3.05, 3.63) is 35.4 Å². The third kappa shape index (κ3) is 4.32. The fourth-order valence-electron chi connectivity index (χ4n) is 3.27. The molecule has 3 N–H and O–H groups in total. The molecule has 0 aliphatic carbocycles. The first-order valence-electron chi connectivity index (χ1n) is 8.29. The summed E-state index contributed by atoms with van der Waals surface area (Å²) < 4.78 is 0. The molecule has 1 aromatic carbocycles. The van der Waals surface area contributed by atoms with Crippen molar-refractivity contribution >= 4 is 11.8 Å². The molecule has 126 valence electrons. The number of hydrogen-bond acceptors (Lipinski definition) is 3. The van der Waals surface area contributed by atoms with Gasteiger partial charge in [0, 0.05) is 25.0 Å². The Labute approximate surface area is 138 Å². The van der Waals surface area contributed by atoms with E-state index in [4.69, 9.17) is 5.73 Å². The Morgan fingerprint density at radius 1 is 1.22 bits per heavy atom. The summed E-state index contributed by atoms with van der Waals surface area (Å²) >= 11 is 0. The van der Waals surface area contributed by atoms with Gasteiger partial charge in [-0.15, -0.1) is 0 Å². The maximum absolute atomic E-state index is 12.6. The standard InChI is InChI=1S/C18H27N3O2/c1-12-6-4-5-7-16(12)13(2)20-14(3)18(23)21-10-8-15(9-11-21)17(19)22/h4-7,13-15,20H,8-11H2,1-3H3,(H2,19,22)/t13-,14+/m0/s1. The number of nitrogens with one attached hydrogen (secondary N) is 1. The molecular formula is C18H27N3O2. The Kier molecular flexibility index (Phi) is 5.77. The van der Waals surface area contributed by atoms with Gasteiger partial charge in [-0.25, -0.2) is 0 Å². The molecule has 2 rings (SSSR count). The van der Waals surface area contributed by atoms with Crippen LogP contribution in [0.1, 0.15) is 43.9 Å². The lowest BCUT2D eigenvalue weighted by Gasteiger charge is -2.33. The zero-order valence-electron chi connectivity index (χ0n) is 14.2. The number of piperidine rings is 1. The lowest BCUT2D eigenvalue weighted by atomic mass is 9.96. The Hall–Kier alpha value is -1.88. The fraction of sp³-hybridized carbons (Fsp3) is 0.556. The number of amides is 2. The lowest BCUT2D eigenvalue weighted by Crippen LogP contribution is -2.49. The number of rotatable bonds is 5. The van der Waals surface area contributed by atoms with Gasteiger partial charge in [0.1, 0.15) is 0 Å². The topological polar surface area (TPSA) is 75.4 Å². The molecule has 5 nitrogen and oxygen atoms in total. The molecule has 1 heterocycles. The average molecular weight is 317 g/mol. The van der Waals surface area contributed by atoms with Crippen LogP contribution < -0.4 is 11.1 Å². The zero-order chi connectivity index (χ0) is 17.0. The third-order valence-electron chi connectivity index (χ3n) is 4.73. The van der Waals surface area contributed by atoms with Crippen molar-refractivity contribution in [1.29, 1.82) is 0 Å². The first-order valence-corrected chi connectivity index (χ1v) is 8.29. The molecule has 1 aromatic rings. The summed E-state index contributed by atoms with van der Waals surface area (Å²) in [6, 6.07) is 8.05. The monoisotopic (exact) mass is 317 g/mol. The molecule has 23 heavy (non-hydrogen) atoms. The quantitative estimate of drug-likeness (QED) is 0.869. The van der Waals surface area contributed by atoms with Crippen molar-refractivity contribution < 1.29 is 9.59 Å². The maximum atomic E-state index is 12.6. The molecule has 0 bridgehead atoms. The highest BCUT2D eigenvalue weighted by atomic mass is 16.2. The largest absolute Gasteiger partial charge is 0.369 e. The van der Waals surface area contributed by atoms with Gasteiger partial charge < -0.3 is 10.6 Å². The maximum Gasteiger partial charge on any atom is 0.239 e. The van der Waals surface area contributed by atoms with Gasteiger partial charge >= 0.3 is 0 Å². The van der Waals surface area contributed by atoms with E-state index in [1.807, 2.05) is 24.0 Å². The lowest BCUT2D eigenvalue weighted by molar-refractivity contribution is -0.136. The number of nitrogens with two attached hydrogens (primary N) is 1. The van der Waals surface area contributed by atoms with Crippen molar-refractivity contribution in [2.24, 2.45) is 11.7 Å². The summed E-state index contributed by atoms with van der Waals surface area (Å²) in [5.74, 6) is -0.252. The second-order valence-electron chi connectivity index (χ2n) is 6.47. The van der Waals surface area contributed by atoms with Gasteiger partial charge in [0.2, 0.25) is 11.8 Å². The van der Waals surface area contributed by atoms with Crippen LogP contribution in [0.25, 0.3) is 0 Å².